The van der Waals surface area contributed by atoms with Crippen LogP contribution in [0.25, 0.3) is 0 Å². The van der Waals surface area contributed by atoms with Gasteiger partial charge in [-0.25, -0.2) is 0 Å². The molecule has 4 heteroatoms. The molecule has 0 aliphatic heterocycles. The third-order valence-electron chi connectivity index (χ3n) is 3.73. The Balaban J connectivity index is 1.94. The summed E-state index contributed by atoms with van der Waals surface area (Å²) in [5.74, 6) is 1.65. The van der Waals surface area contributed by atoms with Gasteiger partial charge in [-0.05, 0) is 36.8 Å². The standard InChI is InChI=1S/C21H26O4/c1-4-14-23-16-21(17(2)25-20-8-6-5-7-9-20)24-15-18-10-12-19(22-3)13-11-18/h4-13,17,21H,1,14-16H2,2-3H3/t17-,21+/m0/s1. The molecule has 2 aromatic carbocycles. The normalized spacial score (nSPS) is 13.0. The summed E-state index contributed by atoms with van der Waals surface area (Å²) >= 11 is 0. The first kappa shape index (κ1) is 19.0. The van der Waals surface area contributed by atoms with Crippen molar-refractivity contribution in [1.29, 1.82) is 0 Å². The quantitative estimate of drug-likeness (QED) is 0.452. The summed E-state index contributed by atoms with van der Waals surface area (Å²) < 4.78 is 22.8. The molecule has 0 fully saturated rings. The molecule has 25 heavy (non-hydrogen) atoms. The van der Waals surface area contributed by atoms with E-state index in [2.05, 4.69) is 6.58 Å². The molecule has 0 aliphatic carbocycles. The molecule has 0 heterocycles. The number of ether oxygens (including phenoxy) is 4. The molecule has 2 rings (SSSR count). The SMILES string of the molecule is C=CCOC[C@@H](OCc1ccc(OC)cc1)[C@H](C)Oc1ccccc1. The predicted molar refractivity (Wildman–Crippen MR) is 99.1 cm³/mol. The minimum absolute atomic E-state index is 0.148. The Hall–Kier alpha value is -2.30. The maximum absolute atomic E-state index is 6.06. The third-order valence-corrected chi connectivity index (χ3v) is 3.73. The van der Waals surface area contributed by atoms with Gasteiger partial charge in [0.15, 0.2) is 0 Å². The van der Waals surface area contributed by atoms with Crippen LogP contribution in [0.3, 0.4) is 0 Å². The van der Waals surface area contributed by atoms with Gasteiger partial charge in [-0.3, -0.25) is 0 Å². The van der Waals surface area contributed by atoms with Crippen molar-refractivity contribution in [3.05, 3.63) is 72.8 Å². The average molecular weight is 342 g/mol. The number of rotatable bonds is 11. The largest absolute Gasteiger partial charge is 0.497 e. The van der Waals surface area contributed by atoms with Crippen molar-refractivity contribution in [3.8, 4) is 11.5 Å². The van der Waals surface area contributed by atoms with Gasteiger partial charge < -0.3 is 18.9 Å². The van der Waals surface area contributed by atoms with Crippen LogP contribution in [0.4, 0.5) is 0 Å². The Labute approximate surface area is 150 Å². The highest BCUT2D eigenvalue weighted by Crippen LogP contribution is 2.17. The van der Waals surface area contributed by atoms with Crippen LogP contribution in [0.2, 0.25) is 0 Å². The smallest absolute Gasteiger partial charge is 0.124 e. The molecule has 0 aliphatic rings. The van der Waals surface area contributed by atoms with E-state index in [9.17, 15) is 0 Å². The summed E-state index contributed by atoms with van der Waals surface area (Å²) in [6.45, 7) is 7.07. The van der Waals surface area contributed by atoms with E-state index in [1.165, 1.54) is 0 Å². The Morgan fingerprint density at radius 3 is 2.36 bits per heavy atom. The van der Waals surface area contributed by atoms with Crippen molar-refractivity contribution < 1.29 is 18.9 Å². The molecule has 2 aromatic rings. The molecule has 0 unspecified atom stereocenters. The van der Waals surface area contributed by atoms with E-state index >= 15 is 0 Å². The van der Waals surface area contributed by atoms with E-state index in [0.29, 0.717) is 19.8 Å². The number of methoxy groups -OCH3 is 1. The first-order chi connectivity index (χ1) is 12.2. The minimum Gasteiger partial charge on any atom is -0.497 e. The monoisotopic (exact) mass is 342 g/mol. The predicted octanol–water partition coefficient (Wildman–Crippen LogP) is 4.25. The summed E-state index contributed by atoms with van der Waals surface area (Å²) in [4.78, 5) is 0. The molecule has 4 nitrogen and oxygen atoms in total. The van der Waals surface area contributed by atoms with Crippen molar-refractivity contribution in [3.63, 3.8) is 0 Å². The zero-order chi connectivity index (χ0) is 17.9. The van der Waals surface area contributed by atoms with Gasteiger partial charge in [0, 0.05) is 0 Å². The number of para-hydroxylation sites is 1. The van der Waals surface area contributed by atoms with Crippen LogP contribution in [0.15, 0.2) is 67.3 Å². The van der Waals surface area contributed by atoms with Gasteiger partial charge in [0.2, 0.25) is 0 Å². The Kier molecular flexibility index (Phi) is 8.02. The van der Waals surface area contributed by atoms with Crippen LogP contribution in [-0.2, 0) is 16.1 Å². The van der Waals surface area contributed by atoms with Gasteiger partial charge in [-0.2, -0.15) is 0 Å². The molecule has 0 saturated carbocycles. The highest BCUT2D eigenvalue weighted by atomic mass is 16.6. The first-order valence-corrected chi connectivity index (χ1v) is 8.37. The molecule has 0 N–H and O–H groups in total. The van der Waals surface area contributed by atoms with E-state index < -0.39 is 0 Å². The molecule has 0 radical (unpaired) electrons. The van der Waals surface area contributed by atoms with E-state index in [1.54, 1.807) is 13.2 Å². The third kappa shape index (κ3) is 6.61. The molecular weight excluding hydrogens is 316 g/mol. The fourth-order valence-electron chi connectivity index (χ4n) is 2.30. The Morgan fingerprint density at radius 1 is 1.00 bits per heavy atom. The van der Waals surface area contributed by atoms with Crippen molar-refractivity contribution in [2.45, 2.75) is 25.7 Å². The summed E-state index contributed by atoms with van der Waals surface area (Å²) in [5, 5.41) is 0. The van der Waals surface area contributed by atoms with Crippen LogP contribution in [0.1, 0.15) is 12.5 Å². The fourth-order valence-corrected chi connectivity index (χ4v) is 2.30. The summed E-state index contributed by atoms with van der Waals surface area (Å²) in [7, 11) is 1.65. The summed E-state index contributed by atoms with van der Waals surface area (Å²) in [5.41, 5.74) is 1.07. The fraction of sp³-hybridized carbons (Fsp3) is 0.333. The van der Waals surface area contributed by atoms with Gasteiger partial charge in [0.1, 0.15) is 23.7 Å². The maximum atomic E-state index is 6.06. The average Bonchev–Trinajstić information content (AvgIpc) is 2.65. The van der Waals surface area contributed by atoms with Crippen molar-refractivity contribution in [2.75, 3.05) is 20.3 Å². The van der Waals surface area contributed by atoms with Gasteiger partial charge in [0.05, 0.1) is 26.9 Å². The van der Waals surface area contributed by atoms with Crippen LogP contribution in [0.5, 0.6) is 11.5 Å². The molecule has 0 spiro atoms. The van der Waals surface area contributed by atoms with Gasteiger partial charge in [0.25, 0.3) is 0 Å². The van der Waals surface area contributed by atoms with E-state index in [1.807, 2.05) is 61.5 Å². The second-order valence-electron chi connectivity index (χ2n) is 5.66. The highest BCUT2D eigenvalue weighted by molar-refractivity contribution is 5.26. The van der Waals surface area contributed by atoms with Gasteiger partial charge in [-0.1, -0.05) is 36.4 Å². The number of hydrogen-bond donors (Lipinski definition) is 0. The zero-order valence-corrected chi connectivity index (χ0v) is 14.9. The van der Waals surface area contributed by atoms with Crippen LogP contribution >= 0.6 is 0 Å². The van der Waals surface area contributed by atoms with Crippen LogP contribution in [0, 0.1) is 0 Å². The number of hydrogen-bond acceptors (Lipinski definition) is 4. The molecule has 0 bridgehead atoms. The van der Waals surface area contributed by atoms with E-state index in [0.717, 1.165) is 17.1 Å². The number of benzene rings is 2. The van der Waals surface area contributed by atoms with Crippen molar-refractivity contribution >= 4 is 0 Å². The molecular formula is C21H26O4. The van der Waals surface area contributed by atoms with Crippen molar-refractivity contribution in [2.24, 2.45) is 0 Å². The summed E-state index contributed by atoms with van der Waals surface area (Å²) in [6.07, 6.45) is 1.39. The molecule has 0 amide bonds. The van der Waals surface area contributed by atoms with Crippen LogP contribution < -0.4 is 9.47 Å². The lowest BCUT2D eigenvalue weighted by atomic mass is 10.2. The molecule has 2 atom stereocenters. The lowest BCUT2D eigenvalue weighted by Gasteiger charge is -2.25. The van der Waals surface area contributed by atoms with E-state index in [-0.39, 0.29) is 12.2 Å². The second-order valence-corrected chi connectivity index (χ2v) is 5.66. The topological polar surface area (TPSA) is 36.9 Å². The molecule has 134 valence electrons. The molecule has 0 aromatic heterocycles. The first-order valence-electron chi connectivity index (χ1n) is 8.37. The van der Waals surface area contributed by atoms with Gasteiger partial charge >= 0.3 is 0 Å². The Bertz CT molecular complexity index is 610. The molecule has 0 saturated heterocycles. The minimum atomic E-state index is -0.192. The second kappa shape index (κ2) is 10.5. The zero-order valence-electron chi connectivity index (χ0n) is 14.9. The van der Waals surface area contributed by atoms with Gasteiger partial charge in [-0.15, -0.1) is 6.58 Å². The lowest BCUT2D eigenvalue weighted by molar-refractivity contribution is -0.0689. The summed E-state index contributed by atoms with van der Waals surface area (Å²) in [6, 6.07) is 17.5. The lowest BCUT2D eigenvalue weighted by Crippen LogP contribution is -2.35. The highest BCUT2D eigenvalue weighted by Gasteiger charge is 2.20. The maximum Gasteiger partial charge on any atom is 0.124 e. The van der Waals surface area contributed by atoms with Crippen LogP contribution in [-0.4, -0.2) is 32.5 Å². The van der Waals surface area contributed by atoms with E-state index in [4.69, 9.17) is 18.9 Å². The van der Waals surface area contributed by atoms with Crippen molar-refractivity contribution in [1.82, 2.24) is 0 Å². The Morgan fingerprint density at radius 2 is 1.72 bits per heavy atom.